The summed E-state index contributed by atoms with van der Waals surface area (Å²) in [4.78, 5) is 12.9. The van der Waals surface area contributed by atoms with Gasteiger partial charge in [-0.1, -0.05) is 37.8 Å². The van der Waals surface area contributed by atoms with Gasteiger partial charge in [-0.2, -0.15) is 0 Å². The normalized spacial score (nSPS) is 33.1. The van der Waals surface area contributed by atoms with E-state index in [4.69, 9.17) is 4.74 Å². The third-order valence-corrected chi connectivity index (χ3v) is 8.63. The van der Waals surface area contributed by atoms with Crippen LogP contribution in [0.1, 0.15) is 84.0 Å². The topological polar surface area (TPSA) is 26.3 Å². The fourth-order valence-electron chi connectivity index (χ4n) is 6.91. The Morgan fingerprint density at radius 2 is 1.78 bits per heavy atom. The van der Waals surface area contributed by atoms with Crippen LogP contribution in [0.15, 0.2) is 30.4 Å². The van der Waals surface area contributed by atoms with Gasteiger partial charge in [-0.3, -0.25) is 4.79 Å². The molecule has 0 aliphatic heterocycles. The third-order valence-electron chi connectivity index (χ3n) is 8.63. The number of benzene rings is 1. The molecule has 4 unspecified atom stereocenters. The molecule has 1 aromatic rings. The van der Waals surface area contributed by atoms with Crippen molar-refractivity contribution >= 4 is 5.97 Å². The van der Waals surface area contributed by atoms with Gasteiger partial charge in [-0.15, -0.1) is 0 Å². The minimum atomic E-state index is -0.810. The zero-order valence-electron chi connectivity index (χ0n) is 19.4. The van der Waals surface area contributed by atoms with E-state index < -0.39 is 11.6 Å². The summed E-state index contributed by atoms with van der Waals surface area (Å²) in [6, 6.07) is 3.12. The first kappa shape index (κ1) is 23.4. The van der Waals surface area contributed by atoms with Crippen LogP contribution in [0.3, 0.4) is 0 Å². The van der Waals surface area contributed by atoms with Crippen molar-refractivity contribution in [1.82, 2.24) is 0 Å². The van der Waals surface area contributed by atoms with Crippen LogP contribution in [0, 0.1) is 47.1 Å². The van der Waals surface area contributed by atoms with Gasteiger partial charge in [0.1, 0.15) is 5.82 Å². The molecule has 4 rings (SSSR count). The van der Waals surface area contributed by atoms with Gasteiger partial charge in [0.15, 0.2) is 11.6 Å². The monoisotopic (exact) mass is 444 g/mol. The molecule has 0 radical (unpaired) electrons. The number of esters is 1. The van der Waals surface area contributed by atoms with E-state index in [2.05, 4.69) is 19.1 Å². The summed E-state index contributed by atoms with van der Waals surface area (Å²) >= 11 is 0. The van der Waals surface area contributed by atoms with Crippen LogP contribution in [-0.4, -0.2) is 5.97 Å². The SMILES string of the molecule is C/C=C/CCC1CCC(C2CCC3C(CCCC3C(=O)Oc3ccc(F)cc3F)C2)CC1. The minimum Gasteiger partial charge on any atom is -0.423 e. The van der Waals surface area contributed by atoms with Crippen LogP contribution in [0.4, 0.5) is 8.78 Å². The van der Waals surface area contributed by atoms with Gasteiger partial charge in [0.05, 0.1) is 5.92 Å². The average Bonchev–Trinajstić information content (AvgIpc) is 2.80. The van der Waals surface area contributed by atoms with Gasteiger partial charge in [-0.25, -0.2) is 8.78 Å². The third kappa shape index (κ3) is 5.61. The molecular weight excluding hydrogens is 406 g/mol. The zero-order chi connectivity index (χ0) is 22.5. The molecule has 0 aromatic heterocycles. The fraction of sp³-hybridized carbons (Fsp3) is 0.679. The quantitative estimate of drug-likeness (QED) is 0.253. The van der Waals surface area contributed by atoms with Gasteiger partial charge < -0.3 is 4.74 Å². The standard InChI is InChI=1S/C28H38F2O2/c1-2-3-4-6-19-9-11-20(12-10-19)21-13-15-24-22(17-21)7-5-8-25(24)28(31)32-27-16-14-23(29)18-26(27)30/h2-3,14,16,18-22,24-25H,4-13,15,17H2,1H3/b3-2+. The maximum Gasteiger partial charge on any atom is 0.314 e. The zero-order valence-corrected chi connectivity index (χ0v) is 19.4. The number of allylic oxidation sites excluding steroid dienone is 2. The van der Waals surface area contributed by atoms with Gasteiger partial charge >= 0.3 is 5.97 Å². The van der Waals surface area contributed by atoms with Crippen molar-refractivity contribution in [3.05, 3.63) is 42.0 Å². The lowest BCUT2D eigenvalue weighted by Crippen LogP contribution is -2.40. The highest BCUT2D eigenvalue weighted by atomic mass is 19.1. The molecule has 3 aliphatic rings. The number of carbonyl (C=O) groups is 1. The molecular formula is C28H38F2O2. The molecule has 1 aromatic carbocycles. The Balaban J connectivity index is 1.30. The van der Waals surface area contributed by atoms with Crippen LogP contribution in [0.2, 0.25) is 0 Å². The molecule has 176 valence electrons. The van der Waals surface area contributed by atoms with Crippen LogP contribution in [0.5, 0.6) is 5.75 Å². The van der Waals surface area contributed by atoms with Crippen LogP contribution in [-0.2, 0) is 4.79 Å². The lowest BCUT2D eigenvalue weighted by molar-refractivity contribution is -0.144. The number of halogens is 2. The van der Waals surface area contributed by atoms with E-state index in [0.29, 0.717) is 11.8 Å². The lowest BCUT2D eigenvalue weighted by atomic mass is 9.59. The number of rotatable bonds is 6. The Morgan fingerprint density at radius 1 is 1.00 bits per heavy atom. The fourth-order valence-corrected chi connectivity index (χ4v) is 6.91. The predicted octanol–water partition coefficient (Wildman–Crippen LogP) is 7.87. The maximum absolute atomic E-state index is 14.0. The van der Waals surface area contributed by atoms with Crippen molar-refractivity contribution in [2.45, 2.75) is 84.0 Å². The van der Waals surface area contributed by atoms with Crippen LogP contribution >= 0.6 is 0 Å². The molecule has 2 nitrogen and oxygen atoms in total. The summed E-state index contributed by atoms with van der Waals surface area (Å²) in [6.45, 7) is 2.10. The number of hydrogen-bond acceptors (Lipinski definition) is 2. The second-order valence-electron chi connectivity index (χ2n) is 10.5. The van der Waals surface area contributed by atoms with Gasteiger partial charge in [0, 0.05) is 6.07 Å². The Labute approximate surface area is 191 Å². The number of fused-ring (bicyclic) bond motifs is 1. The first-order chi connectivity index (χ1) is 15.5. The van der Waals surface area contributed by atoms with E-state index in [9.17, 15) is 13.6 Å². The highest BCUT2D eigenvalue weighted by Gasteiger charge is 2.43. The molecule has 0 spiro atoms. The summed E-state index contributed by atoms with van der Waals surface area (Å²) < 4.78 is 32.5. The first-order valence-corrected chi connectivity index (χ1v) is 12.8. The molecule has 3 aliphatic carbocycles. The molecule has 3 saturated carbocycles. The molecule has 0 amide bonds. The molecule has 32 heavy (non-hydrogen) atoms. The van der Waals surface area contributed by atoms with E-state index in [1.165, 1.54) is 63.9 Å². The summed E-state index contributed by atoms with van der Waals surface area (Å²) in [5, 5.41) is 0. The van der Waals surface area contributed by atoms with E-state index >= 15 is 0 Å². The lowest BCUT2D eigenvalue weighted by Gasteiger charge is -2.46. The smallest absolute Gasteiger partial charge is 0.314 e. The van der Waals surface area contributed by atoms with E-state index in [-0.39, 0.29) is 17.6 Å². The molecule has 0 heterocycles. The summed E-state index contributed by atoms with van der Waals surface area (Å²) in [6.07, 6.45) is 19.1. The minimum absolute atomic E-state index is 0.151. The number of ether oxygens (including phenoxy) is 1. The van der Waals surface area contributed by atoms with E-state index in [1.54, 1.807) is 0 Å². The van der Waals surface area contributed by atoms with Gasteiger partial charge in [0.2, 0.25) is 0 Å². The van der Waals surface area contributed by atoms with Crippen molar-refractivity contribution in [2.24, 2.45) is 35.5 Å². The molecule has 3 fully saturated rings. The van der Waals surface area contributed by atoms with Crippen molar-refractivity contribution in [3.63, 3.8) is 0 Å². The summed E-state index contributed by atoms with van der Waals surface area (Å²) in [5.41, 5.74) is 0. The Morgan fingerprint density at radius 3 is 2.53 bits per heavy atom. The highest BCUT2D eigenvalue weighted by molar-refractivity contribution is 5.75. The van der Waals surface area contributed by atoms with Crippen molar-refractivity contribution in [3.8, 4) is 5.75 Å². The maximum atomic E-state index is 14.0. The predicted molar refractivity (Wildman–Crippen MR) is 123 cm³/mol. The number of hydrogen-bond donors (Lipinski definition) is 0. The van der Waals surface area contributed by atoms with Gasteiger partial charge in [0.25, 0.3) is 0 Å². The Kier molecular flexibility index (Phi) is 8.02. The molecule has 4 atom stereocenters. The van der Waals surface area contributed by atoms with E-state index in [0.717, 1.165) is 49.1 Å². The Bertz CT molecular complexity index is 797. The van der Waals surface area contributed by atoms with Gasteiger partial charge in [-0.05, 0) is 100 Å². The molecule has 0 N–H and O–H groups in total. The van der Waals surface area contributed by atoms with Crippen molar-refractivity contribution in [2.75, 3.05) is 0 Å². The first-order valence-electron chi connectivity index (χ1n) is 12.8. The van der Waals surface area contributed by atoms with Crippen molar-refractivity contribution in [1.29, 1.82) is 0 Å². The Hall–Kier alpha value is -1.71. The second-order valence-corrected chi connectivity index (χ2v) is 10.5. The molecule has 0 bridgehead atoms. The van der Waals surface area contributed by atoms with Crippen LogP contribution < -0.4 is 4.74 Å². The van der Waals surface area contributed by atoms with Crippen molar-refractivity contribution < 1.29 is 18.3 Å². The molecule has 4 heteroatoms. The summed E-state index contributed by atoms with van der Waals surface area (Å²) in [7, 11) is 0. The second kappa shape index (κ2) is 10.9. The van der Waals surface area contributed by atoms with E-state index in [1.807, 2.05) is 0 Å². The highest BCUT2D eigenvalue weighted by Crippen LogP contribution is 2.50. The molecule has 0 saturated heterocycles. The number of carbonyl (C=O) groups excluding carboxylic acids is 1. The largest absolute Gasteiger partial charge is 0.423 e. The van der Waals surface area contributed by atoms with Crippen LogP contribution in [0.25, 0.3) is 0 Å². The average molecular weight is 445 g/mol. The summed E-state index contributed by atoms with van der Waals surface area (Å²) in [5.74, 6) is 1.40.